The van der Waals surface area contributed by atoms with Crippen molar-refractivity contribution in [3.05, 3.63) is 22.3 Å². The number of hydrogen-bond acceptors (Lipinski definition) is 5. The Bertz CT molecular complexity index is 458. The van der Waals surface area contributed by atoms with Gasteiger partial charge in [0, 0.05) is 19.8 Å². The zero-order chi connectivity index (χ0) is 13.0. The zero-order valence-corrected chi connectivity index (χ0v) is 14.2. The lowest BCUT2D eigenvalue weighted by Gasteiger charge is -2.15. The van der Waals surface area contributed by atoms with Crippen LogP contribution < -0.4 is 10.1 Å². The number of guanidine groups is 1. The molecule has 0 aromatic carbocycles. The Balaban J connectivity index is 0.00000180. The molecule has 0 atom stereocenters. The molecule has 0 spiro atoms. The van der Waals surface area contributed by atoms with Crippen LogP contribution in [-0.2, 0) is 0 Å². The van der Waals surface area contributed by atoms with Crippen LogP contribution in [0.1, 0.15) is 0 Å². The van der Waals surface area contributed by atoms with Gasteiger partial charge < -0.3 is 15.0 Å². The van der Waals surface area contributed by atoms with Gasteiger partial charge in [-0.2, -0.15) is 0 Å². The predicted molar refractivity (Wildman–Crippen MR) is 88.1 cm³/mol. The lowest BCUT2D eigenvalue weighted by atomic mass is 10.5. The van der Waals surface area contributed by atoms with Gasteiger partial charge in [0.1, 0.15) is 11.6 Å². The molecule has 1 aromatic heterocycles. The van der Waals surface area contributed by atoms with Crippen molar-refractivity contribution in [2.75, 3.05) is 33.3 Å². The first kappa shape index (κ1) is 16.6. The number of aliphatic imine (C=N–C) groups is 1. The van der Waals surface area contributed by atoms with E-state index in [0.29, 0.717) is 29.1 Å². The molecule has 0 bridgehead atoms. The number of aromatic nitrogens is 1. The normalized spacial score (nSPS) is 13.8. The molecule has 0 amide bonds. The van der Waals surface area contributed by atoms with Crippen LogP contribution in [0.25, 0.3) is 0 Å². The number of rotatable bonds is 4. The fourth-order valence-corrected chi connectivity index (χ4v) is 1.98. The Morgan fingerprint density at radius 1 is 1.47 bits per heavy atom. The van der Waals surface area contributed by atoms with Crippen molar-refractivity contribution < 1.29 is 4.74 Å². The van der Waals surface area contributed by atoms with E-state index in [1.54, 1.807) is 6.07 Å². The highest BCUT2D eigenvalue weighted by Crippen LogP contribution is 2.24. The highest BCUT2D eigenvalue weighted by atomic mass is 127. The molecule has 0 saturated carbocycles. The van der Waals surface area contributed by atoms with Crippen LogP contribution in [0.4, 0.5) is 0 Å². The largest absolute Gasteiger partial charge is 0.475 e. The van der Waals surface area contributed by atoms with Gasteiger partial charge in [0.25, 0.3) is 0 Å². The van der Waals surface area contributed by atoms with Gasteiger partial charge in [-0.25, -0.2) is 4.98 Å². The van der Waals surface area contributed by atoms with Gasteiger partial charge in [0.2, 0.25) is 5.88 Å². The molecule has 2 rings (SSSR count). The van der Waals surface area contributed by atoms with E-state index < -0.39 is 0 Å². The second-order valence-electron chi connectivity index (χ2n) is 3.84. The molecule has 1 aliphatic rings. The minimum Gasteiger partial charge on any atom is -0.475 e. The molecule has 0 saturated heterocycles. The Labute approximate surface area is 139 Å². The summed E-state index contributed by atoms with van der Waals surface area (Å²) < 4.78 is 5.45. The van der Waals surface area contributed by atoms with Gasteiger partial charge in [-0.05, 0) is 6.07 Å². The molecular weight excluding hydrogens is 402 g/mol. The van der Waals surface area contributed by atoms with Crippen molar-refractivity contribution in [1.82, 2.24) is 15.2 Å². The molecule has 0 aliphatic carbocycles. The second-order valence-corrected chi connectivity index (χ2v) is 4.69. The molecule has 8 heteroatoms. The third-order valence-electron chi connectivity index (χ3n) is 2.46. The summed E-state index contributed by atoms with van der Waals surface area (Å²) in [5.41, 5.74) is 0. The van der Waals surface area contributed by atoms with E-state index >= 15 is 0 Å². The summed E-state index contributed by atoms with van der Waals surface area (Å²) in [6.07, 6.45) is 1.50. The smallest absolute Gasteiger partial charge is 0.232 e. The minimum atomic E-state index is 0. The van der Waals surface area contributed by atoms with Crippen molar-refractivity contribution in [3.8, 4) is 5.88 Å². The van der Waals surface area contributed by atoms with E-state index in [-0.39, 0.29) is 24.0 Å². The van der Waals surface area contributed by atoms with Gasteiger partial charge in [-0.3, -0.25) is 4.99 Å². The van der Waals surface area contributed by atoms with Crippen LogP contribution in [0.2, 0.25) is 10.0 Å². The van der Waals surface area contributed by atoms with Gasteiger partial charge >= 0.3 is 0 Å². The average Bonchev–Trinajstić information content (AvgIpc) is 2.73. The van der Waals surface area contributed by atoms with E-state index in [4.69, 9.17) is 27.9 Å². The van der Waals surface area contributed by atoms with E-state index in [9.17, 15) is 0 Å². The highest BCUT2D eigenvalue weighted by Gasteiger charge is 2.11. The van der Waals surface area contributed by atoms with Crippen LogP contribution in [0.5, 0.6) is 5.88 Å². The zero-order valence-electron chi connectivity index (χ0n) is 10.4. The number of likely N-dealkylation sites (N-methyl/N-ethyl adjacent to an activating group) is 1. The van der Waals surface area contributed by atoms with Gasteiger partial charge in [0.15, 0.2) is 5.96 Å². The summed E-state index contributed by atoms with van der Waals surface area (Å²) in [6, 6.07) is 1.60. The van der Waals surface area contributed by atoms with Crippen LogP contribution >= 0.6 is 47.2 Å². The van der Waals surface area contributed by atoms with Crippen LogP contribution in [0.15, 0.2) is 17.3 Å². The fourth-order valence-electron chi connectivity index (χ4n) is 1.54. The number of halogens is 3. The van der Waals surface area contributed by atoms with Crippen molar-refractivity contribution in [1.29, 1.82) is 0 Å². The highest BCUT2D eigenvalue weighted by molar-refractivity contribution is 14.0. The fraction of sp³-hybridized carbons (Fsp3) is 0.455. The quantitative estimate of drug-likeness (QED) is 0.604. The first-order valence-electron chi connectivity index (χ1n) is 5.60. The second kappa shape index (κ2) is 7.96. The van der Waals surface area contributed by atoms with E-state index in [1.807, 2.05) is 7.05 Å². The van der Waals surface area contributed by atoms with Crippen molar-refractivity contribution in [3.63, 3.8) is 0 Å². The first-order valence-corrected chi connectivity index (χ1v) is 6.35. The summed E-state index contributed by atoms with van der Waals surface area (Å²) in [4.78, 5) is 10.4. The number of ether oxygens (including phenoxy) is 1. The molecule has 0 radical (unpaired) electrons. The van der Waals surface area contributed by atoms with Crippen molar-refractivity contribution in [2.45, 2.75) is 0 Å². The molecule has 0 unspecified atom stereocenters. The molecular formula is C11H15Cl2IN4O. The molecule has 19 heavy (non-hydrogen) atoms. The third kappa shape index (κ3) is 4.85. The number of nitrogens with zero attached hydrogens (tertiary/aromatic N) is 3. The lowest BCUT2D eigenvalue weighted by molar-refractivity contribution is 0.308. The summed E-state index contributed by atoms with van der Waals surface area (Å²) in [6.45, 7) is 2.89. The van der Waals surface area contributed by atoms with Gasteiger partial charge in [-0.1, -0.05) is 23.2 Å². The molecule has 1 N–H and O–H groups in total. The first-order chi connectivity index (χ1) is 8.66. The lowest BCUT2D eigenvalue weighted by Crippen LogP contribution is -2.37. The topological polar surface area (TPSA) is 49.8 Å². The van der Waals surface area contributed by atoms with Crippen LogP contribution in [-0.4, -0.2) is 49.1 Å². The molecule has 1 aromatic rings. The monoisotopic (exact) mass is 416 g/mol. The van der Waals surface area contributed by atoms with Gasteiger partial charge in [-0.15, -0.1) is 24.0 Å². The minimum absolute atomic E-state index is 0. The third-order valence-corrected chi connectivity index (χ3v) is 2.93. The maximum atomic E-state index is 5.93. The Morgan fingerprint density at radius 3 is 2.89 bits per heavy atom. The van der Waals surface area contributed by atoms with Crippen LogP contribution in [0, 0.1) is 0 Å². The maximum absolute atomic E-state index is 5.93. The predicted octanol–water partition coefficient (Wildman–Crippen LogP) is 2.28. The molecule has 5 nitrogen and oxygen atoms in total. The summed E-state index contributed by atoms with van der Waals surface area (Å²) in [5, 5.41) is 4.09. The van der Waals surface area contributed by atoms with Crippen molar-refractivity contribution in [2.24, 2.45) is 4.99 Å². The average molecular weight is 417 g/mol. The van der Waals surface area contributed by atoms with E-state index in [1.165, 1.54) is 6.20 Å². The number of hydrogen-bond donors (Lipinski definition) is 1. The maximum Gasteiger partial charge on any atom is 0.232 e. The summed E-state index contributed by atoms with van der Waals surface area (Å²) in [7, 11) is 2.00. The molecule has 2 heterocycles. The summed E-state index contributed by atoms with van der Waals surface area (Å²) >= 11 is 11.7. The molecule has 106 valence electrons. The Kier molecular flexibility index (Phi) is 6.95. The Hall–Kier alpha value is -0.470. The van der Waals surface area contributed by atoms with E-state index in [2.05, 4.69) is 20.2 Å². The number of nitrogens with one attached hydrogen (secondary N) is 1. The molecule has 1 aliphatic heterocycles. The molecule has 0 fully saturated rings. The number of pyridine rings is 1. The van der Waals surface area contributed by atoms with E-state index in [0.717, 1.165) is 19.0 Å². The SMILES string of the molecule is CN1CCN=C1NCCOc1ncc(Cl)cc1Cl.I. The Morgan fingerprint density at radius 2 is 2.26 bits per heavy atom. The van der Waals surface area contributed by atoms with Crippen molar-refractivity contribution >= 4 is 53.1 Å². The van der Waals surface area contributed by atoms with Gasteiger partial charge in [0.05, 0.1) is 18.1 Å². The van der Waals surface area contributed by atoms with Crippen LogP contribution in [0.3, 0.4) is 0 Å². The standard InChI is InChI=1S/C11H14Cl2N4O.HI/c1-17-4-2-14-11(17)15-3-5-18-10-9(13)6-8(12)7-16-10;/h6-7H,2-5H2,1H3,(H,14,15);1H. The summed E-state index contributed by atoms with van der Waals surface area (Å²) in [5.74, 6) is 1.29.